The number of Topliss-reactive ketones (excluding diaryl/α,β-unsaturated/α-hetero) is 1. The molecule has 136 valence electrons. The van der Waals surface area contributed by atoms with Crippen LogP contribution < -0.4 is 15.3 Å². The Balaban J connectivity index is 1.82. The summed E-state index contributed by atoms with van der Waals surface area (Å²) >= 11 is 11.9. The van der Waals surface area contributed by atoms with E-state index in [0.717, 1.165) is 4.90 Å². The van der Waals surface area contributed by atoms with E-state index >= 15 is 0 Å². The second-order valence-electron chi connectivity index (χ2n) is 6.16. The van der Waals surface area contributed by atoms with Crippen LogP contribution in [0.15, 0.2) is 59.8 Å². The van der Waals surface area contributed by atoms with Gasteiger partial charge in [-0.05, 0) is 42.5 Å². The van der Waals surface area contributed by atoms with Crippen molar-refractivity contribution in [3.05, 3.63) is 69.8 Å². The molecule has 0 saturated carbocycles. The summed E-state index contributed by atoms with van der Waals surface area (Å²) in [7, 11) is 0. The molecule has 2 aliphatic rings. The van der Waals surface area contributed by atoms with Gasteiger partial charge in [-0.25, -0.2) is 4.90 Å². The molecule has 2 aromatic rings. The summed E-state index contributed by atoms with van der Waals surface area (Å²) in [5, 5.41) is 2.44. The second-order valence-corrected chi connectivity index (χ2v) is 7.04. The van der Waals surface area contributed by atoms with Crippen molar-refractivity contribution >= 4 is 52.2 Å². The highest BCUT2D eigenvalue weighted by atomic mass is 35.5. The Kier molecular flexibility index (Phi) is 4.17. The zero-order valence-electron chi connectivity index (χ0n) is 14.1. The predicted octanol–water partition coefficient (Wildman–Crippen LogP) is 3.10. The molecule has 0 spiro atoms. The Morgan fingerprint density at radius 1 is 1.00 bits per heavy atom. The fourth-order valence-electron chi connectivity index (χ4n) is 3.26. The summed E-state index contributed by atoms with van der Waals surface area (Å²) in [5.74, 6) is -1.34. The molecule has 6 nitrogen and oxygen atoms in total. The third kappa shape index (κ3) is 2.78. The predicted molar refractivity (Wildman–Crippen MR) is 103 cm³/mol. The van der Waals surface area contributed by atoms with E-state index in [2.05, 4.69) is 5.43 Å². The van der Waals surface area contributed by atoms with Gasteiger partial charge in [0.2, 0.25) is 0 Å². The van der Waals surface area contributed by atoms with Crippen molar-refractivity contribution in [3.8, 4) is 0 Å². The lowest BCUT2D eigenvalue weighted by molar-refractivity contribution is -0.121. The van der Waals surface area contributed by atoms with E-state index in [0.29, 0.717) is 21.4 Å². The Morgan fingerprint density at radius 3 is 2.33 bits per heavy atom. The Hall–Kier alpha value is -2.83. The SMILES string of the molecule is CC(=O)C1=C2C(=O)N(c3cccc(Cl)c3)C(=O)[C@H]2N(c2ccc(Cl)cc2)N1. The van der Waals surface area contributed by atoms with E-state index in [4.69, 9.17) is 23.2 Å². The third-order valence-electron chi connectivity index (χ3n) is 4.44. The minimum Gasteiger partial charge on any atom is -0.293 e. The van der Waals surface area contributed by atoms with Crippen LogP contribution in [0.25, 0.3) is 0 Å². The minimum absolute atomic E-state index is 0.109. The van der Waals surface area contributed by atoms with Crippen LogP contribution in [0.2, 0.25) is 10.0 Å². The van der Waals surface area contributed by atoms with Gasteiger partial charge in [0.25, 0.3) is 11.8 Å². The van der Waals surface area contributed by atoms with Crippen LogP contribution >= 0.6 is 23.2 Å². The first-order valence-electron chi connectivity index (χ1n) is 8.09. The largest absolute Gasteiger partial charge is 0.293 e. The fraction of sp³-hybridized carbons (Fsp3) is 0.105. The molecule has 1 fully saturated rings. The van der Waals surface area contributed by atoms with Gasteiger partial charge < -0.3 is 0 Å². The van der Waals surface area contributed by atoms with Gasteiger partial charge in [0.15, 0.2) is 11.8 Å². The molecule has 8 heteroatoms. The number of amides is 2. The van der Waals surface area contributed by atoms with E-state index in [1.54, 1.807) is 42.5 Å². The molecule has 2 amide bonds. The molecule has 1 N–H and O–H groups in total. The summed E-state index contributed by atoms with van der Waals surface area (Å²) < 4.78 is 0. The molecule has 2 aliphatic heterocycles. The van der Waals surface area contributed by atoms with Crippen LogP contribution in [0.4, 0.5) is 11.4 Å². The molecule has 0 aromatic heterocycles. The molecule has 2 heterocycles. The molecule has 0 bridgehead atoms. The third-order valence-corrected chi connectivity index (χ3v) is 4.93. The molecule has 4 rings (SSSR count). The number of fused-ring (bicyclic) bond motifs is 1. The second kappa shape index (κ2) is 6.40. The molecule has 2 aromatic carbocycles. The number of nitrogens with one attached hydrogen (secondary N) is 1. The highest BCUT2D eigenvalue weighted by Gasteiger charge is 2.53. The molecule has 1 saturated heterocycles. The Morgan fingerprint density at radius 2 is 1.70 bits per heavy atom. The molecule has 0 radical (unpaired) electrons. The van der Waals surface area contributed by atoms with Crippen molar-refractivity contribution in [3.63, 3.8) is 0 Å². The maximum atomic E-state index is 13.1. The van der Waals surface area contributed by atoms with Crippen molar-refractivity contribution < 1.29 is 14.4 Å². The highest BCUT2D eigenvalue weighted by molar-refractivity contribution is 6.35. The molecule has 27 heavy (non-hydrogen) atoms. The number of rotatable bonds is 3. The number of nitrogens with zero attached hydrogens (tertiary/aromatic N) is 2. The standard InChI is InChI=1S/C19H13Cl2N3O3/c1-10(25)16-15-17(24(22-16)13-7-5-11(20)6-8-13)19(27)23(18(15)26)14-4-2-3-12(21)9-14/h2-9,17,22H,1H3/t17-/m0/s1. The van der Waals surface area contributed by atoms with Gasteiger partial charge in [0, 0.05) is 17.0 Å². The average Bonchev–Trinajstić information content (AvgIpc) is 3.13. The van der Waals surface area contributed by atoms with Crippen LogP contribution in [0, 0.1) is 0 Å². The minimum atomic E-state index is -0.948. The maximum absolute atomic E-state index is 13.1. The number of imide groups is 1. The van der Waals surface area contributed by atoms with E-state index < -0.39 is 17.9 Å². The number of allylic oxidation sites excluding steroid dienone is 1. The maximum Gasteiger partial charge on any atom is 0.266 e. The number of halogens is 2. The first-order chi connectivity index (χ1) is 12.9. The first kappa shape index (κ1) is 17.6. The van der Waals surface area contributed by atoms with Crippen molar-refractivity contribution in [2.24, 2.45) is 0 Å². The normalized spacial score (nSPS) is 18.9. The van der Waals surface area contributed by atoms with Crippen LogP contribution in [-0.2, 0) is 14.4 Å². The van der Waals surface area contributed by atoms with Crippen LogP contribution in [-0.4, -0.2) is 23.6 Å². The summed E-state index contributed by atoms with van der Waals surface area (Å²) in [4.78, 5) is 39.3. The van der Waals surface area contributed by atoms with Crippen LogP contribution in [0.1, 0.15) is 6.92 Å². The lowest BCUT2D eigenvalue weighted by Crippen LogP contribution is -2.46. The van der Waals surface area contributed by atoms with Crippen molar-refractivity contribution in [1.29, 1.82) is 0 Å². The zero-order valence-corrected chi connectivity index (χ0v) is 15.6. The summed E-state index contributed by atoms with van der Waals surface area (Å²) in [6.07, 6.45) is 0. The van der Waals surface area contributed by atoms with Crippen LogP contribution in [0.3, 0.4) is 0 Å². The molecular weight excluding hydrogens is 389 g/mol. The monoisotopic (exact) mass is 401 g/mol. The number of hydrogen-bond acceptors (Lipinski definition) is 5. The zero-order chi connectivity index (χ0) is 19.3. The number of benzene rings is 2. The topological polar surface area (TPSA) is 69.7 Å². The van der Waals surface area contributed by atoms with Gasteiger partial charge in [-0.3, -0.25) is 24.8 Å². The Bertz CT molecular complexity index is 1020. The number of ketones is 1. The summed E-state index contributed by atoms with van der Waals surface area (Å²) in [6, 6.07) is 12.3. The van der Waals surface area contributed by atoms with Gasteiger partial charge >= 0.3 is 0 Å². The van der Waals surface area contributed by atoms with Gasteiger partial charge in [0.05, 0.1) is 16.9 Å². The van der Waals surface area contributed by atoms with Crippen molar-refractivity contribution in [2.45, 2.75) is 13.0 Å². The van der Waals surface area contributed by atoms with E-state index in [9.17, 15) is 14.4 Å². The van der Waals surface area contributed by atoms with Crippen LogP contribution in [0.5, 0.6) is 0 Å². The molecule has 0 aliphatic carbocycles. The first-order valence-corrected chi connectivity index (χ1v) is 8.84. The van der Waals surface area contributed by atoms with Gasteiger partial charge in [-0.15, -0.1) is 0 Å². The number of hydrogen-bond donors (Lipinski definition) is 1. The number of carbonyl (C=O) groups is 3. The van der Waals surface area contributed by atoms with Gasteiger partial charge in [-0.2, -0.15) is 0 Å². The van der Waals surface area contributed by atoms with Gasteiger partial charge in [-0.1, -0.05) is 29.3 Å². The molecule has 1 atom stereocenters. The van der Waals surface area contributed by atoms with Crippen molar-refractivity contribution in [2.75, 3.05) is 9.91 Å². The Labute approximate surface area is 164 Å². The van der Waals surface area contributed by atoms with Crippen molar-refractivity contribution in [1.82, 2.24) is 5.43 Å². The summed E-state index contributed by atoms with van der Waals surface area (Å²) in [5.41, 5.74) is 4.10. The average molecular weight is 402 g/mol. The molecule has 0 unspecified atom stereocenters. The lowest BCUT2D eigenvalue weighted by atomic mass is 10.1. The fourth-order valence-corrected chi connectivity index (χ4v) is 3.57. The van der Waals surface area contributed by atoms with Gasteiger partial charge in [0.1, 0.15) is 5.70 Å². The highest BCUT2D eigenvalue weighted by Crippen LogP contribution is 2.37. The quantitative estimate of drug-likeness (QED) is 0.800. The number of hydrazine groups is 1. The van der Waals surface area contributed by atoms with E-state index in [1.165, 1.54) is 18.0 Å². The number of anilines is 2. The van der Waals surface area contributed by atoms with E-state index in [1.807, 2.05) is 0 Å². The van der Waals surface area contributed by atoms with E-state index in [-0.39, 0.29) is 17.1 Å². The summed E-state index contributed by atoms with van der Waals surface area (Å²) in [6.45, 7) is 1.34. The molecular formula is C19H13Cl2N3O3. The smallest absolute Gasteiger partial charge is 0.266 e. The number of carbonyl (C=O) groups excluding carboxylic acids is 3. The lowest BCUT2D eigenvalue weighted by Gasteiger charge is -2.26.